The Hall–Kier alpha value is -2.96. The molecule has 0 atom stereocenters. The number of carbonyl (C=O) groups is 3. The van der Waals surface area contributed by atoms with Gasteiger partial charge in [-0.25, -0.2) is 4.39 Å². The molecule has 2 amide bonds. The first-order chi connectivity index (χ1) is 11.8. The maximum atomic E-state index is 13.8. The maximum absolute atomic E-state index is 13.8. The van der Waals surface area contributed by atoms with Crippen molar-refractivity contribution in [1.82, 2.24) is 0 Å². The summed E-state index contributed by atoms with van der Waals surface area (Å²) in [6, 6.07) is 5.53. The fourth-order valence-corrected chi connectivity index (χ4v) is 2.37. The Bertz CT molecular complexity index is 826. The van der Waals surface area contributed by atoms with Gasteiger partial charge in [-0.15, -0.1) is 0 Å². The van der Waals surface area contributed by atoms with Crippen LogP contribution in [0.4, 0.5) is 15.8 Å². The number of Topliss-reactive ketones (excluding diaryl/α,β-unsaturated/α-hetero) is 1. The molecule has 1 heterocycles. The topological polar surface area (TPSA) is 88.4 Å². The van der Waals surface area contributed by atoms with Crippen LogP contribution in [-0.4, -0.2) is 17.6 Å². The minimum atomic E-state index is -0.602. The van der Waals surface area contributed by atoms with Crippen LogP contribution in [-0.2, 0) is 16.0 Å². The second-order valence-corrected chi connectivity index (χ2v) is 5.66. The zero-order chi connectivity index (χ0) is 18.6. The highest BCUT2D eigenvalue weighted by Gasteiger charge is 2.13. The molecule has 0 aliphatic rings. The summed E-state index contributed by atoms with van der Waals surface area (Å²) in [6.07, 6.45) is 0.348. The molecule has 1 aromatic carbocycles. The summed E-state index contributed by atoms with van der Waals surface area (Å²) in [5.74, 6) is -0.373. The quantitative estimate of drug-likeness (QED) is 0.784. The van der Waals surface area contributed by atoms with E-state index < -0.39 is 11.7 Å². The highest BCUT2D eigenvalue weighted by Crippen LogP contribution is 2.21. The average Bonchev–Trinajstić information content (AvgIpc) is 2.89. The second kappa shape index (κ2) is 7.74. The lowest BCUT2D eigenvalue weighted by Crippen LogP contribution is -2.14. The molecule has 0 spiro atoms. The predicted octanol–water partition coefficient (Wildman–Crippen LogP) is 3.46. The lowest BCUT2D eigenvalue weighted by atomic mass is 10.1. The Labute approximate surface area is 144 Å². The van der Waals surface area contributed by atoms with Gasteiger partial charge in [0.05, 0.1) is 11.3 Å². The Balaban J connectivity index is 1.99. The van der Waals surface area contributed by atoms with E-state index in [1.54, 1.807) is 13.0 Å². The molecule has 0 saturated carbocycles. The number of halogens is 1. The summed E-state index contributed by atoms with van der Waals surface area (Å²) in [5.41, 5.74) is 0.859. The molecule has 0 fully saturated rings. The molecule has 2 aromatic rings. The van der Waals surface area contributed by atoms with Crippen LogP contribution in [0.5, 0.6) is 0 Å². The van der Waals surface area contributed by atoms with Crippen molar-refractivity contribution in [2.24, 2.45) is 0 Å². The van der Waals surface area contributed by atoms with Crippen molar-refractivity contribution in [2.75, 3.05) is 10.6 Å². The van der Waals surface area contributed by atoms with E-state index in [2.05, 4.69) is 10.6 Å². The van der Waals surface area contributed by atoms with E-state index in [0.29, 0.717) is 22.8 Å². The van der Waals surface area contributed by atoms with E-state index in [1.807, 2.05) is 0 Å². The Kier molecular flexibility index (Phi) is 5.69. The highest BCUT2D eigenvalue weighted by molar-refractivity contribution is 5.95. The lowest BCUT2D eigenvalue weighted by molar-refractivity contribution is -0.116. The van der Waals surface area contributed by atoms with Gasteiger partial charge in [-0.1, -0.05) is 0 Å². The van der Waals surface area contributed by atoms with E-state index in [4.69, 9.17) is 4.42 Å². The number of benzene rings is 1. The van der Waals surface area contributed by atoms with Gasteiger partial charge in [0.1, 0.15) is 17.3 Å². The van der Waals surface area contributed by atoms with Crippen molar-refractivity contribution in [1.29, 1.82) is 0 Å². The minimum absolute atomic E-state index is 0.0173. The number of furan rings is 1. The van der Waals surface area contributed by atoms with Gasteiger partial charge in [-0.05, 0) is 38.1 Å². The number of amides is 2. The minimum Gasteiger partial charge on any atom is -0.466 e. The fraction of sp³-hybridized carbons (Fsp3) is 0.278. The van der Waals surface area contributed by atoms with Gasteiger partial charge < -0.3 is 15.1 Å². The Morgan fingerprint density at radius 3 is 2.44 bits per heavy atom. The number of rotatable bonds is 6. The average molecular weight is 346 g/mol. The zero-order valence-corrected chi connectivity index (χ0v) is 14.2. The van der Waals surface area contributed by atoms with Crippen molar-refractivity contribution in [3.63, 3.8) is 0 Å². The van der Waals surface area contributed by atoms with Crippen LogP contribution in [0.3, 0.4) is 0 Å². The molecule has 0 aliphatic heterocycles. The molecule has 0 bridgehead atoms. The van der Waals surface area contributed by atoms with Gasteiger partial charge in [0, 0.05) is 25.5 Å². The monoisotopic (exact) mass is 346 g/mol. The van der Waals surface area contributed by atoms with E-state index in [9.17, 15) is 18.8 Å². The molecule has 7 heteroatoms. The van der Waals surface area contributed by atoms with Gasteiger partial charge in [0.2, 0.25) is 11.8 Å². The van der Waals surface area contributed by atoms with Gasteiger partial charge in [0.15, 0.2) is 5.78 Å². The summed E-state index contributed by atoms with van der Waals surface area (Å²) in [4.78, 5) is 34.5. The number of hydrogen-bond donors (Lipinski definition) is 2. The van der Waals surface area contributed by atoms with Crippen molar-refractivity contribution < 1.29 is 23.2 Å². The van der Waals surface area contributed by atoms with Crippen LogP contribution in [0.2, 0.25) is 0 Å². The third-order valence-electron chi connectivity index (χ3n) is 3.51. The molecule has 0 saturated heterocycles. The second-order valence-electron chi connectivity index (χ2n) is 5.66. The molecule has 2 N–H and O–H groups in total. The molecule has 0 aliphatic carbocycles. The molecule has 25 heavy (non-hydrogen) atoms. The lowest BCUT2D eigenvalue weighted by Gasteiger charge is -2.09. The molecule has 2 rings (SSSR count). The smallest absolute Gasteiger partial charge is 0.224 e. The molecule has 0 unspecified atom stereocenters. The number of carbonyl (C=O) groups excluding carboxylic acids is 3. The van der Waals surface area contributed by atoms with Crippen LogP contribution in [0.15, 0.2) is 28.7 Å². The van der Waals surface area contributed by atoms with Crippen LogP contribution in [0.25, 0.3) is 0 Å². The summed E-state index contributed by atoms with van der Waals surface area (Å²) < 4.78 is 19.2. The maximum Gasteiger partial charge on any atom is 0.224 e. The van der Waals surface area contributed by atoms with Crippen LogP contribution in [0, 0.1) is 12.7 Å². The van der Waals surface area contributed by atoms with Crippen molar-refractivity contribution in [3.05, 3.63) is 47.2 Å². The summed E-state index contributed by atoms with van der Waals surface area (Å²) in [6.45, 7) is 4.46. The third kappa shape index (κ3) is 5.00. The molecular weight excluding hydrogens is 327 g/mol. The number of aryl methyl sites for hydroxylation is 2. The number of ketones is 1. The molecular formula is C18H19FN2O4. The zero-order valence-electron chi connectivity index (χ0n) is 14.2. The molecule has 1 aromatic heterocycles. The Morgan fingerprint density at radius 1 is 1.12 bits per heavy atom. The number of anilines is 2. The van der Waals surface area contributed by atoms with E-state index in [-0.39, 0.29) is 30.2 Å². The van der Waals surface area contributed by atoms with Gasteiger partial charge in [-0.3, -0.25) is 14.4 Å². The fourth-order valence-electron chi connectivity index (χ4n) is 2.37. The summed E-state index contributed by atoms with van der Waals surface area (Å²) >= 11 is 0. The van der Waals surface area contributed by atoms with E-state index >= 15 is 0 Å². The van der Waals surface area contributed by atoms with Crippen molar-refractivity contribution in [2.45, 2.75) is 33.6 Å². The number of nitrogens with one attached hydrogen (secondary N) is 2. The highest BCUT2D eigenvalue weighted by atomic mass is 19.1. The molecule has 0 radical (unpaired) electrons. The van der Waals surface area contributed by atoms with Gasteiger partial charge in [0.25, 0.3) is 0 Å². The van der Waals surface area contributed by atoms with Crippen LogP contribution < -0.4 is 10.6 Å². The standard InChI is InChI=1S/C18H19FN2O4/c1-10(22)15-9-14(25-11(15)2)5-7-18(24)21-17-8-13(20-12(3)23)4-6-16(17)19/h4,6,8-9H,5,7H2,1-3H3,(H,20,23)(H,21,24). The first-order valence-corrected chi connectivity index (χ1v) is 7.73. The van der Waals surface area contributed by atoms with E-state index in [1.165, 1.54) is 26.0 Å². The SMILES string of the molecule is CC(=O)Nc1ccc(F)c(NC(=O)CCc2cc(C(C)=O)c(C)o2)c1. The van der Waals surface area contributed by atoms with E-state index in [0.717, 1.165) is 6.07 Å². The van der Waals surface area contributed by atoms with Gasteiger partial charge in [-0.2, -0.15) is 0 Å². The van der Waals surface area contributed by atoms with Gasteiger partial charge >= 0.3 is 0 Å². The van der Waals surface area contributed by atoms with Crippen LogP contribution in [0.1, 0.15) is 42.1 Å². The normalized spacial score (nSPS) is 10.4. The summed E-state index contributed by atoms with van der Waals surface area (Å²) in [5, 5.41) is 4.98. The first kappa shape index (κ1) is 18.4. The summed E-state index contributed by atoms with van der Waals surface area (Å²) in [7, 11) is 0. The first-order valence-electron chi connectivity index (χ1n) is 7.73. The molecule has 6 nitrogen and oxygen atoms in total. The number of hydrogen-bond acceptors (Lipinski definition) is 4. The Morgan fingerprint density at radius 2 is 1.84 bits per heavy atom. The van der Waals surface area contributed by atoms with Crippen LogP contribution >= 0.6 is 0 Å². The predicted molar refractivity (Wildman–Crippen MR) is 91.1 cm³/mol. The van der Waals surface area contributed by atoms with Crippen molar-refractivity contribution >= 4 is 29.0 Å². The van der Waals surface area contributed by atoms with Crippen molar-refractivity contribution in [3.8, 4) is 0 Å². The molecule has 132 valence electrons. The third-order valence-corrected chi connectivity index (χ3v) is 3.51. The largest absolute Gasteiger partial charge is 0.466 e.